The molecule has 0 radical (unpaired) electrons. The molecule has 0 N–H and O–H groups in total. The molecule has 0 aliphatic heterocycles. The number of quaternary nitrogens is 1. The van der Waals surface area contributed by atoms with Crippen molar-refractivity contribution in [2.24, 2.45) is 0 Å². The molecule has 0 amide bonds. The molecule has 0 aliphatic carbocycles. The van der Waals surface area contributed by atoms with Gasteiger partial charge in [-0.3, -0.25) is 4.79 Å². The van der Waals surface area contributed by atoms with E-state index in [0.717, 1.165) is 17.4 Å². The van der Waals surface area contributed by atoms with Gasteiger partial charge in [-0.2, -0.15) is 0 Å². The summed E-state index contributed by atoms with van der Waals surface area (Å²) in [5.74, 6) is 0. The summed E-state index contributed by atoms with van der Waals surface area (Å²) in [6, 6.07) is 0. The van der Waals surface area contributed by atoms with Crippen LogP contribution < -0.4 is 0 Å². The molecule has 0 fully saturated rings. The van der Waals surface area contributed by atoms with Crippen LogP contribution in [0.4, 0.5) is 0 Å². The van der Waals surface area contributed by atoms with Crippen molar-refractivity contribution in [3.05, 3.63) is 12.2 Å². The molecular weight excluding hydrogens is 401 g/mol. The number of hydrogen-bond acceptors (Lipinski definition) is 2. The molecule has 0 saturated carbocycles. The van der Waals surface area contributed by atoms with E-state index < -0.39 is 0 Å². The van der Waals surface area contributed by atoms with Gasteiger partial charge in [-0.25, -0.2) is 0 Å². The molecule has 0 heterocycles. The summed E-state index contributed by atoms with van der Waals surface area (Å²) in [5, 5.41) is 0. The van der Waals surface area contributed by atoms with Gasteiger partial charge in [0.15, 0.2) is 5.52 Å². The molecule has 0 saturated heterocycles. The minimum atomic E-state index is 0.0487. The number of hydrogen-bond donors (Lipinski definition) is 0. The quantitative estimate of drug-likeness (QED) is 0.0630. The third kappa shape index (κ3) is 27.7. The topological polar surface area (TPSA) is 26.3 Å². The van der Waals surface area contributed by atoms with Crippen LogP contribution >= 0.6 is 8.81 Å². The van der Waals surface area contributed by atoms with Crippen molar-refractivity contribution in [2.75, 3.05) is 34.3 Å². The van der Waals surface area contributed by atoms with Crippen molar-refractivity contribution in [3.63, 3.8) is 0 Å². The fourth-order valence-corrected chi connectivity index (χ4v) is 4.20. The summed E-state index contributed by atoms with van der Waals surface area (Å²) < 4.78 is 6.40. The Morgan fingerprint density at radius 1 is 0.710 bits per heavy atom. The van der Waals surface area contributed by atoms with Crippen molar-refractivity contribution >= 4 is 14.3 Å². The van der Waals surface area contributed by atoms with E-state index in [1.54, 1.807) is 0 Å². The number of carbonyl (C=O) groups is 1. The van der Waals surface area contributed by atoms with Crippen LogP contribution in [-0.2, 0) is 9.32 Å². The van der Waals surface area contributed by atoms with Crippen LogP contribution in [0.15, 0.2) is 12.2 Å². The lowest BCUT2D eigenvalue weighted by Crippen LogP contribution is -2.37. The molecule has 0 aromatic heterocycles. The average molecular weight is 457 g/mol. The number of likely N-dealkylation sites (N-methyl/N-ethyl adjacent to an activating group) is 1. The van der Waals surface area contributed by atoms with E-state index >= 15 is 0 Å². The van der Waals surface area contributed by atoms with Gasteiger partial charge in [0.1, 0.15) is 13.2 Å². The maximum absolute atomic E-state index is 11.8. The number of carbonyl (C=O) groups excluding carboxylic acids is 1. The highest BCUT2D eigenvalue weighted by Gasteiger charge is 2.08. The lowest BCUT2D eigenvalue weighted by atomic mass is 10.1. The minimum absolute atomic E-state index is 0.0487. The van der Waals surface area contributed by atoms with Crippen LogP contribution in [0.25, 0.3) is 0 Å². The molecule has 0 spiro atoms. The van der Waals surface area contributed by atoms with Gasteiger partial charge in [-0.05, 0) is 32.1 Å². The number of allylic oxidation sites excluding steroid dienone is 2. The first-order chi connectivity index (χ1) is 15.0. The predicted molar refractivity (Wildman–Crippen MR) is 140 cm³/mol. The highest BCUT2D eigenvalue weighted by molar-refractivity contribution is 7.53. The molecular formula is C27H55NO2P+. The smallest absolute Gasteiger partial charge is 0.178 e. The van der Waals surface area contributed by atoms with Crippen molar-refractivity contribution in [3.8, 4) is 0 Å². The molecule has 0 rings (SSSR count). The minimum Gasteiger partial charge on any atom is -0.349 e. The zero-order valence-electron chi connectivity index (χ0n) is 21.6. The first-order valence-corrected chi connectivity index (χ1v) is 14.2. The SMILES string of the molecule is CCCCCCCC/C=C\CCCCCCCCCCCC(=O)POCC[N+](C)(C)C. The number of unbranched alkanes of at least 4 members (excludes halogenated alkanes) is 15. The Kier molecular flexibility index (Phi) is 22.8. The van der Waals surface area contributed by atoms with Crippen molar-refractivity contribution in [2.45, 2.75) is 122 Å². The Balaban J connectivity index is 3.21. The number of nitrogens with zero attached hydrogens (tertiary/aromatic N) is 1. The maximum atomic E-state index is 11.8. The van der Waals surface area contributed by atoms with Crippen LogP contribution in [0.1, 0.15) is 122 Å². The maximum Gasteiger partial charge on any atom is 0.178 e. The average Bonchev–Trinajstić information content (AvgIpc) is 2.72. The van der Waals surface area contributed by atoms with Crippen molar-refractivity contribution in [1.29, 1.82) is 0 Å². The van der Waals surface area contributed by atoms with E-state index in [-0.39, 0.29) is 8.81 Å². The van der Waals surface area contributed by atoms with Gasteiger partial charge in [0, 0.05) is 6.42 Å². The zero-order chi connectivity index (χ0) is 23.0. The summed E-state index contributed by atoms with van der Waals surface area (Å²) in [5.41, 5.74) is 0.294. The first kappa shape index (κ1) is 30.8. The summed E-state index contributed by atoms with van der Waals surface area (Å²) in [6.07, 6.45) is 28.1. The molecule has 0 aromatic carbocycles. The van der Waals surface area contributed by atoms with E-state index in [1.807, 2.05) is 0 Å². The Hall–Kier alpha value is -0.240. The monoisotopic (exact) mass is 456 g/mol. The molecule has 184 valence electrons. The van der Waals surface area contributed by atoms with Crippen molar-refractivity contribution in [1.82, 2.24) is 0 Å². The Morgan fingerprint density at radius 2 is 1.16 bits per heavy atom. The van der Waals surface area contributed by atoms with Gasteiger partial charge in [0.2, 0.25) is 0 Å². The highest BCUT2D eigenvalue weighted by atomic mass is 31.1. The second-order valence-corrected chi connectivity index (χ2v) is 11.2. The highest BCUT2D eigenvalue weighted by Crippen LogP contribution is 2.19. The Labute approximate surface area is 197 Å². The molecule has 0 aliphatic rings. The summed E-state index contributed by atoms with van der Waals surface area (Å²) >= 11 is 0. The lowest BCUT2D eigenvalue weighted by molar-refractivity contribution is -0.870. The van der Waals surface area contributed by atoms with Gasteiger partial charge in [0.05, 0.1) is 30.0 Å². The van der Waals surface area contributed by atoms with Gasteiger partial charge in [-0.15, -0.1) is 0 Å². The van der Waals surface area contributed by atoms with Crippen molar-refractivity contribution < 1.29 is 13.8 Å². The van der Waals surface area contributed by atoms with E-state index in [1.165, 1.54) is 103 Å². The third-order valence-corrected chi connectivity index (χ3v) is 6.54. The van der Waals surface area contributed by atoms with Crippen LogP contribution in [0.5, 0.6) is 0 Å². The molecule has 31 heavy (non-hydrogen) atoms. The van der Waals surface area contributed by atoms with Gasteiger partial charge in [-0.1, -0.05) is 96.1 Å². The van der Waals surface area contributed by atoms with E-state index in [0.29, 0.717) is 18.6 Å². The lowest BCUT2D eigenvalue weighted by Gasteiger charge is -2.23. The third-order valence-electron chi connectivity index (χ3n) is 5.72. The van der Waals surface area contributed by atoms with Crippen LogP contribution in [-0.4, -0.2) is 44.3 Å². The van der Waals surface area contributed by atoms with Gasteiger partial charge < -0.3 is 9.01 Å². The molecule has 1 atom stereocenters. The Morgan fingerprint density at radius 3 is 1.65 bits per heavy atom. The summed E-state index contributed by atoms with van der Waals surface area (Å²) in [7, 11) is 6.48. The molecule has 1 unspecified atom stereocenters. The number of rotatable bonds is 24. The summed E-state index contributed by atoms with van der Waals surface area (Å²) in [6.45, 7) is 3.92. The van der Waals surface area contributed by atoms with Crippen LogP contribution in [0.3, 0.4) is 0 Å². The van der Waals surface area contributed by atoms with Gasteiger partial charge in [0.25, 0.3) is 0 Å². The normalized spacial score (nSPS) is 12.5. The largest absolute Gasteiger partial charge is 0.349 e. The summed E-state index contributed by atoms with van der Waals surface area (Å²) in [4.78, 5) is 11.8. The van der Waals surface area contributed by atoms with Gasteiger partial charge >= 0.3 is 0 Å². The fourth-order valence-electron chi connectivity index (χ4n) is 3.57. The first-order valence-electron chi connectivity index (χ1n) is 13.3. The van der Waals surface area contributed by atoms with E-state index in [9.17, 15) is 4.79 Å². The second-order valence-electron chi connectivity index (χ2n) is 10.1. The van der Waals surface area contributed by atoms with Crippen LogP contribution in [0.2, 0.25) is 0 Å². The molecule has 3 nitrogen and oxygen atoms in total. The molecule has 0 bridgehead atoms. The molecule has 0 aromatic rings. The Bertz CT molecular complexity index is 418. The predicted octanol–water partition coefficient (Wildman–Crippen LogP) is 8.43. The van der Waals surface area contributed by atoms with E-state index in [2.05, 4.69) is 40.2 Å². The fraction of sp³-hybridized carbons (Fsp3) is 0.889. The van der Waals surface area contributed by atoms with E-state index in [4.69, 9.17) is 4.52 Å². The van der Waals surface area contributed by atoms with Crippen LogP contribution in [0, 0.1) is 0 Å². The molecule has 4 heteroatoms. The second kappa shape index (κ2) is 22.9. The zero-order valence-corrected chi connectivity index (χ0v) is 22.6. The standard InChI is InChI=1S/C27H55NO2P/c1-5-6-7-8-9-10-11-12-13-14-15-16-17-18-19-20-21-22-23-24-27(29)31-30-26-25-28(2,3)4/h12-13,31H,5-11,14-26H2,1-4H3/q+1/b13-12-.